The van der Waals surface area contributed by atoms with Gasteiger partial charge in [-0.25, -0.2) is 0 Å². The van der Waals surface area contributed by atoms with Crippen molar-refractivity contribution in [1.29, 1.82) is 0 Å². The molecule has 5 rings (SSSR count). The Hall–Kier alpha value is -3.33. The van der Waals surface area contributed by atoms with Crippen molar-refractivity contribution in [3.63, 3.8) is 0 Å². The third-order valence-electron chi connectivity index (χ3n) is 6.26. The molecule has 0 fully saturated rings. The topological polar surface area (TPSA) is 33.6 Å². The first-order valence-electron chi connectivity index (χ1n) is 10.5. The summed E-state index contributed by atoms with van der Waals surface area (Å²) in [6, 6.07) is 23.6. The Kier molecular flexibility index (Phi) is 4.88. The van der Waals surface area contributed by atoms with E-state index in [0.29, 0.717) is 17.9 Å². The van der Waals surface area contributed by atoms with E-state index in [2.05, 4.69) is 71.8 Å². The molecule has 150 valence electrons. The third kappa shape index (κ3) is 3.41. The van der Waals surface area contributed by atoms with Gasteiger partial charge >= 0.3 is 0 Å². The number of rotatable bonds is 4. The van der Waals surface area contributed by atoms with Crippen molar-refractivity contribution >= 4 is 17.6 Å². The fourth-order valence-electron chi connectivity index (χ4n) is 4.73. The molecule has 0 spiro atoms. The van der Waals surface area contributed by atoms with Crippen LogP contribution in [0, 0.1) is 12.8 Å². The minimum atomic E-state index is 0.312. The summed E-state index contributed by atoms with van der Waals surface area (Å²) in [4.78, 5) is 4.65. The van der Waals surface area contributed by atoms with E-state index in [4.69, 9.17) is 4.74 Å². The predicted molar refractivity (Wildman–Crippen MR) is 124 cm³/mol. The van der Waals surface area contributed by atoms with E-state index >= 15 is 0 Å². The average Bonchev–Trinajstić information content (AvgIpc) is 3.28. The first-order valence-corrected chi connectivity index (χ1v) is 10.5. The van der Waals surface area contributed by atoms with Crippen LogP contribution >= 0.6 is 0 Å². The SMILES string of the molecule is COc1ccccc1C=Nc1ccc([C@@H]2Nc3ccc(C)cc3[C@@H]3C=CC[C@@H]32)cc1. The highest BCUT2D eigenvalue weighted by Crippen LogP contribution is 2.50. The van der Waals surface area contributed by atoms with Crippen molar-refractivity contribution in [1.82, 2.24) is 0 Å². The number of nitrogens with zero attached hydrogens (tertiary/aromatic N) is 1. The van der Waals surface area contributed by atoms with Crippen LogP contribution in [0.15, 0.2) is 83.9 Å². The summed E-state index contributed by atoms with van der Waals surface area (Å²) in [5.74, 6) is 1.88. The minimum Gasteiger partial charge on any atom is -0.496 e. The van der Waals surface area contributed by atoms with Crippen molar-refractivity contribution in [3.8, 4) is 5.75 Å². The molecular weight excluding hydrogens is 368 g/mol. The van der Waals surface area contributed by atoms with Crippen LogP contribution in [-0.4, -0.2) is 13.3 Å². The van der Waals surface area contributed by atoms with E-state index in [1.54, 1.807) is 7.11 Å². The number of allylic oxidation sites excluding steroid dienone is 2. The maximum absolute atomic E-state index is 5.40. The molecule has 3 aromatic rings. The molecule has 0 aromatic heterocycles. The van der Waals surface area contributed by atoms with Crippen molar-refractivity contribution in [2.75, 3.05) is 12.4 Å². The van der Waals surface area contributed by atoms with Gasteiger partial charge in [-0.15, -0.1) is 0 Å². The second-order valence-corrected chi connectivity index (χ2v) is 8.16. The van der Waals surface area contributed by atoms with Crippen molar-refractivity contribution in [3.05, 3.63) is 101 Å². The molecule has 3 aromatic carbocycles. The smallest absolute Gasteiger partial charge is 0.127 e. The van der Waals surface area contributed by atoms with Gasteiger partial charge < -0.3 is 10.1 Å². The molecule has 1 aliphatic carbocycles. The van der Waals surface area contributed by atoms with Gasteiger partial charge in [0.05, 0.1) is 18.8 Å². The normalized spacial score (nSPS) is 21.9. The number of aliphatic imine (C=N–C) groups is 1. The molecule has 1 heterocycles. The highest BCUT2D eigenvalue weighted by atomic mass is 16.5. The van der Waals surface area contributed by atoms with Crippen LogP contribution in [-0.2, 0) is 0 Å². The van der Waals surface area contributed by atoms with Crippen LogP contribution in [0.3, 0.4) is 0 Å². The van der Waals surface area contributed by atoms with Crippen molar-refractivity contribution < 1.29 is 4.74 Å². The molecule has 3 heteroatoms. The minimum absolute atomic E-state index is 0.312. The summed E-state index contributed by atoms with van der Waals surface area (Å²) in [7, 11) is 1.68. The molecule has 0 unspecified atom stereocenters. The largest absolute Gasteiger partial charge is 0.496 e. The van der Waals surface area contributed by atoms with Gasteiger partial charge in [-0.1, -0.05) is 54.1 Å². The number of ether oxygens (including phenoxy) is 1. The molecule has 0 bridgehead atoms. The zero-order valence-corrected chi connectivity index (χ0v) is 17.4. The van der Waals surface area contributed by atoms with Gasteiger partial charge in [-0.3, -0.25) is 4.99 Å². The third-order valence-corrected chi connectivity index (χ3v) is 6.26. The molecule has 1 aliphatic heterocycles. The van der Waals surface area contributed by atoms with Gasteiger partial charge in [0.2, 0.25) is 0 Å². The molecule has 0 radical (unpaired) electrons. The van der Waals surface area contributed by atoms with Crippen molar-refractivity contribution in [2.45, 2.75) is 25.3 Å². The Labute approximate surface area is 178 Å². The maximum atomic E-state index is 5.40. The molecule has 2 aliphatic rings. The zero-order chi connectivity index (χ0) is 20.5. The first kappa shape index (κ1) is 18.7. The van der Waals surface area contributed by atoms with Gasteiger partial charge in [-0.05, 0) is 60.7 Å². The first-order chi connectivity index (χ1) is 14.7. The van der Waals surface area contributed by atoms with Crippen molar-refractivity contribution in [2.24, 2.45) is 10.9 Å². The lowest BCUT2D eigenvalue weighted by Crippen LogP contribution is -2.29. The van der Waals surface area contributed by atoms with E-state index in [9.17, 15) is 0 Å². The molecular formula is C27H26N2O. The highest BCUT2D eigenvalue weighted by Gasteiger charge is 2.37. The lowest BCUT2D eigenvalue weighted by molar-refractivity contribution is 0.414. The molecule has 0 saturated carbocycles. The molecule has 0 amide bonds. The second kappa shape index (κ2) is 7.83. The number of aryl methyl sites for hydroxylation is 1. The Balaban J connectivity index is 1.39. The number of para-hydroxylation sites is 1. The molecule has 30 heavy (non-hydrogen) atoms. The lowest BCUT2D eigenvalue weighted by Gasteiger charge is -2.37. The van der Waals surface area contributed by atoms with Crippen LogP contribution in [0.5, 0.6) is 5.75 Å². The predicted octanol–water partition coefficient (Wildman–Crippen LogP) is 6.58. The Morgan fingerprint density at radius 2 is 1.87 bits per heavy atom. The number of methoxy groups -OCH3 is 1. The van der Waals surface area contributed by atoms with Gasteiger partial charge in [0.15, 0.2) is 0 Å². The van der Waals surface area contributed by atoms with E-state index < -0.39 is 0 Å². The average molecular weight is 395 g/mol. The standard InChI is InChI=1S/C27H26N2O/c1-18-10-15-25-24(16-18)22-7-5-8-23(22)27(29-25)19-11-13-21(14-12-19)28-17-20-6-3-4-9-26(20)30-2/h3-7,9-17,22-23,27,29H,8H2,1-2H3/t22-,23+,27+/m1/s1. The summed E-state index contributed by atoms with van der Waals surface area (Å²) in [5, 5.41) is 3.81. The summed E-state index contributed by atoms with van der Waals surface area (Å²) in [5.41, 5.74) is 7.25. The number of benzene rings is 3. The van der Waals surface area contributed by atoms with E-state index in [-0.39, 0.29) is 0 Å². The van der Waals surface area contributed by atoms with Crippen LogP contribution in [0.25, 0.3) is 0 Å². The number of anilines is 1. The zero-order valence-electron chi connectivity index (χ0n) is 17.4. The summed E-state index contributed by atoms with van der Waals surface area (Å²) >= 11 is 0. The van der Waals surface area contributed by atoms with Crippen LogP contribution in [0.1, 0.15) is 40.6 Å². The fourth-order valence-corrected chi connectivity index (χ4v) is 4.73. The summed E-state index contributed by atoms with van der Waals surface area (Å²) < 4.78 is 5.40. The van der Waals surface area contributed by atoms with Crippen LogP contribution < -0.4 is 10.1 Å². The summed E-state index contributed by atoms with van der Waals surface area (Å²) in [6.45, 7) is 2.17. The fraction of sp³-hybridized carbons (Fsp3) is 0.222. The van der Waals surface area contributed by atoms with Gasteiger partial charge in [0.25, 0.3) is 0 Å². The van der Waals surface area contributed by atoms with Gasteiger partial charge in [-0.2, -0.15) is 0 Å². The number of hydrogen-bond acceptors (Lipinski definition) is 3. The molecule has 3 atom stereocenters. The Morgan fingerprint density at radius 3 is 2.70 bits per heavy atom. The maximum Gasteiger partial charge on any atom is 0.127 e. The monoisotopic (exact) mass is 394 g/mol. The van der Waals surface area contributed by atoms with E-state index in [1.807, 2.05) is 30.5 Å². The Bertz CT molecular complexity index is 1110. The summed E-state index contributed by atoms with van der Waals surface area (Å²) in [6.07, 6.45) is 7.71. The number of hydrogen-bond donors (Lipinski definition) is 1. The van der Waals surface area contributed by atoms with Crippen LogP contribution in [0.4, 0.5) is 11.4 Å². The quantitative estimate of drug-likeness (QED) is 0.400. The molecule has 1 N–H and O–H groups in total. The van der Waals surface area contributed by atoms with E-state index in [0.717, 1.165) is 23.4 Å². The van der Waals surface area contributed by atoms with E-state index in [1.165, 1.54) is 22.4 Å². The molecule has 0 saturated heterocycles. The van der Waals surface area contributed by atoms with Gasteiger partial charge in [0, 0.05) is 23.4 Å². The highest BCUT2D eigenvalue weighted by molar-refractivity contribution is 5.85. The lowest BCUT2D eigenvalue weighted by atomic mass is 9.76. The number of fused-ring (bicyclic) bond motifs is 3. The van der Waals surface area contributed by atoms with Gasteiger partial charge in [0.1, 0.15) is 5.75 Å². The number of nitrogens with one attached hydrogen (secondary N) is 1. The van der Waals surface area contributed by atoms with Crippen LogP contribution in [0.2, 0.25) is 0 Å². The Morgan fingerprint density at radius 1 is 1.03 bits per heavy atom. The molecule has 3 nitrogen and oxygen atoms in total. The second-order valence-electron chi connectivity index (χ2n) is 8.16.